The third-order valence-corrected chi connectivity index (χ3v) is 6.59. The molecule has 156 valence electrons. The second-order valence-electron chi connectivity index (χ2n) is 8.57. The van der Waals surface area contributed by atoms with Gasteiger partial charge in [-0.15, -0.1) is 0 Å². The van der Waals surface area contributed by atoms with Crippen LogP contribution in [0.5, 0.6) is 0 Å². The van der Waals surface area contributed by atoms with Crippen LogP contribution < -0.4 is 0 Å². The zero-order chi connectivity index (χ0) is 21.2. The number of carbonyl (C=O) groups is 1. The fraction of sp³-hybridized carbons (Fsp3) is 0.250. The molecule has 1 aromatic heterocycles. The van der Waals surface area contributed by atoms with Crippen LogP contribution in [-0.2, 0) is 6.54 Å². The third kappa shape index (κ3) is 3.76. The molecule has 3 nitrogen and oxygen atoms in total. The van der Waals surface area contributed by atoms with E-state index in [0.29, 0.717) is 11.5 Å². The molecule has 3 aromatic carbocycles. The van der Waals surface area contributed by atoms with Gasteiger partial charge in [0, 0.05) is 17.4 Å². The summed E-state index contributed by atoms with van der Waals surface area (Å²) in [5.74, 6) is -0.402. The molecule has 3 heteroatoms. The van der Waals surface area contributed by atoms with Crippen molar-refractivity contribution in [2.45, 2.75) is 44.6 Å². The van der Waals surface area contributed by atoms with Crippen LogP contribution in [0.25, 0.3) is 22.2 Å². The molecule has 31 heavy (non-hydrogen) atoms. The molecule has 0 bridgehead atoms. The van der Waals surface area contributed by atoms with Crippen molar-refractivity contribution in [3.63, 3.8) is 0 Å². The number of carboxylic acid groups (broad SMARTS) is 1. The molecule has 1 fully saturated rings. The summed E-state index contributed by atoms with van der Waals surface area (Å²) in [6.45, 7) is 0.765. The van der Waals surface area contributed by atoms with Crippen molar-refractivity contribution in [2.24, 2.45) is 0 Å². The van der Waals surface area contributed by atoms with E-state index in [2.05, 4.69) is 59.2 Å². The minimum absolute atomic E-state index is 0.362. The molecule has 1 aliphatic rings. The zero-order valence-corrected chi connectivity index (χ0v) is 17.6. The predicted octanol–water partition coefficient (Wildman–Crippen LogP) is 7.10. The van der Waals surface area contributed by atoms with Crippen LogP contribution >= 0.6 is 0 Å². The van der Waals surface area contributed by atoms with Crippen molar-refractivity contribution in [1.82, 2.24) is 4.57 Å². The molecule has 0 radical (unpaired) electrons. The molecule has 1 N–H and O–H groups in total. The monoisotopic (exact) mass is 409 g/mol. The van der Waals surface area contributed by atoms with Gasteiger partial charge in [-0.05, 0) is 53.6 Å². The first-order valence-corrected chi connectivity index (χ1v) is 11.2. The highest BCUT2D eigenvalue weighted by molar-refractivity contribution is 5.98. The molecule has 0 unspecified atom stereocenters. The Morgan fingerprint density at radius 1 is 0.871 bits per heavy atom. The fourth-order valence-corrected chi connectivity index (χ4v) is 5.16. The van der Waals surface area contributed by atoms with E-state index >= 15 is 0 Å². The molecule has 0 amide bonds. The number of aromatic carboxylic acids is 1. The Morgan fingerprint density at radius 3 is 2.23 bits per heavy atom. The lowest BCUT2D eigenvalue weighted by atomic mass is 9.81. The van der Waals surface area contributed by atoms with Crippen molar-refractivity contribution in [2.75, 3.05) is 0 Å². The van der Waals surface area contributed by atoms with Gasteiger partial charge in [-0.1, -0.05) is 79.9 Å². The fourth-order valence-electron chi connectivity index (χ4n) is 5.16. The lowest BCUT2D eigenvalue weighted by molar-refractivity contribution is 0.0697. The standard InChI is InChI=1S/C28H27NO2/c30-28(31)23-16-17-25-24(18-23)26(21-12-6-2-7-13-21)27(22-14-8-3-9-15-22)29(25)19-20-10-4-1-5-11-20/h1,3-5,8-11,14-18,21H,2,6-7,12-13,19H2,(H,30,31). The third-order valence-electron chi connectivity index (χ3n) is 6.59. The van der Waals surface area contributed by atoms with Gasteiger partial charge >= 0.3 is 5.97 Å². The number of fused-ring (bicyclic) bond motifs is 1. The maximum atomic E-state index is 11.8. The second kappa shape index (κ2) is 8.43. The summed E-state index contributed by atoms with van der Waals surface area (Å²) >= 11 is 0. The zero-order valence-electron chi connectivity index (χ0n) is 17.6. The summed E-state index contributed by atoms with van der Waals surface area (Å²) in [5.41, 5.74) is 6.50. The van der Waals surface area contributed by atoms with Gasteiger partial charge < -0.3 is 9.67 Å². The van der Waals surface area contributed by atoms with Crippen LogP contribution in [0.4, 0.5) is 0 Å². The molecular formula is C28H27NO2. The summed E-state index contributed by atoms with van der Waals surface area (Å²) in [4.78, 5) is 11.8. The summed E-state index contributed by atoms with van der Waals surface area (Å²) in [5, 5.41) is 10.8. The Kier molecular flexibility index (Phi) is 5.33. The lowest BCUT2D eigenvalue weighted by Gasteiger charge is -2.24. The van der Waals surface area contributed by atoms with Gasteiger partial charge in [0.25, 0.3) is 0 Å². The van der Waals surface area contributed by atoms with Gasteiger partial charge in [0.2, 0.25) is 0 Å². The van der Waals surface area contributed by atoms with Crippen LogP contribution in [0.15, 0.2) is 78.9 Å². The molecule has 1 heterocycles. The number of nitrogens with zero attached hydrogens (tertiary/aromatic N) is 1. The Bertz CT molecular complexity index is 1200. The lowest BCUT2D eigenvalue weighted by Crippen LogP contribution is -2.07. The van der Waals surface area contributed by atoms with Crippen LogP contribution in [-0.4, -0.2) is 15.6 Å². The minimum Gasteiger partial charge on any atom is -0.478 e. The van der Waals surface area contributed by atoms with Crippen molar-refractivity contribution < 1.29 is 9.90 Å². The highest BCUT2D eigenvalue weighted by Gasteiger charge is 2.27. The molecule has 0 aliphatic heterocycles. The van der Waals surface area contributed by atoms with Crippen LogP contribution in [0, 0.1) is 0 Å². The first kappa shape index (κ1) is 19.6. The first-order valence-electron chi connectivity index (χ1n) is 11.2. The van der Waals surface area contributed by atoms with E-state index < -0.39 is 5.97 Å². The van der Waals surface area contributed by atoms with Gasteiger partial charge in [-0.3, -0.25) is 0 Å². The normalized spacial score (nSPS) is 14.7. The van der Waals surface area contributed by atoms with Crippen LogP contribution in [0.2, 0.25) is 0 Å². The van der Waals surface area contributed by atoms with E-state index in [9.17, 15) is 9.90 Å². The van der Waals surface area contributed by atoms with E-state index in [0.717, 1.165) is 17.4 Å². The summed E-state index contributed by atoms with van der Waals surface area (Å²) in [6.07, 6.45) is 6.11. The van der Waals surface area contributed by atoms with E-state index in [1.54, 1.807) is 6.07 Å². The average Bonchev–Trinajstić information content (AvgIpc) is 3.14. The van der Waals surface area contributed by atoms with E-state index in [-0.39, 0.29) is 0 Å². The number of benzene rings is 3. The average molecular weight is 410 g/mol. The molecule has 1 aliphatic carbocycles. The molecule has 4 aromatic rings. The van der Waals surface area contributed by atoms with E-state index in [1.165, 1.54) is 54.5 Å². The van der Waals surface area contributed by atoms with Crippen LogP contribution in [0.3, 0.4) is 0 Å². The number of rotatable bonds is 5. The number of hydrogen-bond acceptors (Lipinski definition) is 1. The van der Waals surface area contributed by atoms with Crippen molar-refractivity contribution in [3.05, 3.63) is 95.6 Å². The molecule has 0 spiro atoms. The number of carboxylic acids is 1. The highest BCUT2D eigenvalue weighted by atomic mass is 16.4. The molecule has 1 saturated carbocycles. The van der Waals surface area contributed by atoms with E-state index in [4.69, 9.17) is 0 Å². The summed E-state index contributed by atoms with van der Waals surface area (Å²) in [6, 6.07) is 26.8. The van der Waals surface area contributed by atoms with Crippen molar-refractivity contribution in [3.8, 4) is 11.3 Å². The quantitative estimate of drug-likeness (QED) is 0.382. The number of hydrogen-bond donors (Lipinski definition) is 1. The van der Waals surface area contributed by atoms with Gasteiger partial charge in [0.1, 0.15) is 0 Å². The SMILES string of the molecule is O=C(O)c1ccc2c(c1)c(C1CCCCC1)c(-c1ccccc1)n2Cc1ccccc1. The highest BCUT2D eigenvalue weighted by Crippen LogP contribution is 2.44. The van der Waals surface area contributed by atoms with Gasteiger partial charge in [-0.25, -0.2) is 4.79 Å². The Balaban J connectivity index is 1.81. The minimum atomic E-state index is -0.867. The summed E-state index contributed by atoms with van der Waals surface area (Å²) in [7, 11) is 0. The molecular weight excluding hydrogens is 382 g/mol. The van der Waals surface area contributed by atoms with Gasteiger partial charge in [-0.2, -0.15) is 0 Å². The topological polar surface area (TPSA) is 42.2 Å². The predicted molar refractivity (Wildman–Crippen MR) is 126 cm³/mol. The van der Waals surface area contributed by atoms with Crippen molar-refractivity contribution in [1.29, 1.82) is 0 Å². The van der Waals surface area contributed by atoms with E-state index in [1.807, 2.05) is 18.2 Å². The molecule has 5 rings (SSSR count). The Labute approximate surface area is 183 Å². The Morgan fingerprint density at radius 2 is 1.55 bits per heavy atom. The molecule has 0 atom stereocenters. The van der Waals surface area contributed by atoms with Crippen LogP contribution in [0.1, 0.15) is 59.5 Å². The van der Waals surface area contributed by atoms with Gasteiger partial charge in [0.15, 0.2) is 0 Å². The van der Waals surface area contributed by atoms with Gasteiger partial charge in [0.05, 0.1) is 11.3 Å². The first-order chi connectivity index (χ1) is 15.2. The van der Waals surface area contributed by atoms with Crippen molar-refractivity contribution >= 4 is 16.9 Å². The smallest absolute Gasteiger partial charge is 0.335 e. The Hall–Kier alpha value is -3.33. The largest absolute Gasteiger partial charge is 0.478 e. The summed E-state index contributed by atoms with van der Waals surface area (Å²) < 4.78 is 2.40. The molecule has 0 saturated heterocycles. The number of aromatic nitrogens is 1. The second-order valence-corrected chi connectivity index (χ2v) is 8.57. The maximum Gasteiger partial charge on any atom is 0.335 e. The maximum absolute atomic E-state index is 11.8.